The van der Waals surface area contributed by atoms with E-state index in [1.54, 1.807) is 12.0 Å². The Bertz CT molecular complexity index is 1070. The monoisotopic (exact) mass is 347 g/mol. The van der Waals surface area contributed by atoms with Gasteiger partial charge in [-0.1, -0.05) is 12.1 Å². The Labute approximate surface area is 150 Å². The number of carbonyl (C=O) groups excluding carboxylic acids is 1. The number of aromatic amines is 1. The fourth-order valence-corrected chi connectivity index (χ4v) is 3.63. The van der Waals surface area contributed by atoms with Gasteiger partial charge in [0, 0.05) is 22.2 Å². The van der Waals surface area contributed by atoms with Crippen molar-refractivity contribution in [2.75, 3.05) is 25.2 Å². The van der Waals surface area contributed by atoms with E-state index in [1.807, 2.05) is 36.4 Å². The van der Waals surface area contributed by atoms with Crippen LogP contribution in [0, 0.1) is 0 Å². The average Bonchev–Trinajstić information content (AvgIpc) is 3.37. The number of H-pyrrole nitrogens is 1. The number of fused-ring (bicyclic) bond motifs is 2. The topological polar surface area (TPSA) is 66.9 Å². The number of hydrogen-bond donors (Lipinski definition) is 1. The number of nitrogens with one attached hydrogen (secondary N) is 1. The number of ether oxygens (including phenoxy) is 2. The molecule has 5 rings (SSSR count). The third kappa shape index (κ3) is 2.19. The van der Waals surface area contributed by atoms with Crippen LogP contribution in [0.4, 0.5) is 10.5 Å². The summed E-state index contributed by atoms with van der Waals surface area (Å²) in [4.78, 5) is 21.7. The van der Waals surface area contributed by atoms with Crippen LogP contribution in [0.5, 0.6) is 5.75 Å². The van der Waals surface area contributed by atoms with Gasteiger partial charge in [0.05, 0.1) is 31.6 Å². The van der Waals surface area contributed by atoms with Gasteiger partial charge in [-0.2, -0.15) is 0 Å². The lowest BCUT2D eigenvalue weighted by molar-refractivity contribution is 0.181. The standard InChI is InChI=1S/C20H17N3O3/c1-25-18-4-2-3-16-15(18)10-17(22-16)19-14-9-13(6-5-12(14)11-21-19)23-7-8-26-20(23)24/h2-6,9-10,22H,7-8,11H2,1H3. The molecule has 0 spiro atoms. The zero-order chi connectivity index (χ0) is 17.7. The van der Waals surface area contributed by atoms with Crippen LogP contribution in [0.25, 0.3) is 10.9 Å². The maximum absolute atomic E-state index is 11.9. The summed E-state index contributed by atoms with van der Waals surface area (Å²) in [5.74, 6) is 0.831. The van der Waals surface area contributed by atoms with E-state index in [2.05, 4.69) is 11.1 Å². The van der Waals surface area contributed by atoms with Crippen LogP contribution in [0.1, 0.15) is 16.8 Å². The van der Waals surface area contributed by atoms with Crippen molar-refractivity contribution in [1.29, 1.82) is 0 Å². The number of aliphatic imine (C=N–C) groups is 1. The Balaban J connectivity index is 1.58. The molecule has 0 atom stereocenters. The van der Waals surface area contributed by atoms with Crippen LogP contribution < -0.4 is 9.64 Å². The van der Waals surface area contributed by atoms with Gasteiger partial charge in [-0.3, -0.25) is 9.89 Å². The molecule has 1 fully saturated rings. The van der Waals surface area contributed by atoms with Crippen molar-refractivity contribution in [2.24, 2.45) is 4.99 Å². The molecule has 26 heavy (non-hydrogen) atoms. The second kappa shape index (κ2) is 5.62. The van der Waals surface area contributed by atoms with E-state index in [9.17, 15) is 4.79 Å². The number of aromatic nitrogens is 1. The lowest BCUT2D eigenvalue weighted by Gasteiger charge is -2.14. The third-order valence-electron chi connectivity index (χ3n) is 4.93. The Morgan fingerprint density at radius 2 is 2.15 bits per heavy atom. The highest BCUT2D eigenvalue weighted by Crippen LogP contribution is 2.32. The quantitative estimate of drug-likeness (QED) is 0.789. The van der Waals surface area contributed by atoms with Crippen molar-refractivity contribution in [1.82, 2.24) is 4.98 Å². The molecule has 3 aromatic rings. The number of benzene rings is 2. The van der Waals surface area contributed by atoms with Crippen LogP contribution >= 0.6 is 0 Å². The lowest BCUT2D eigenvalue weighted by Crippen LogP contribution is -2.23. The fraction of sp³-hybridized carbons (Fsp3) is 0.200. The molecule has 1 saturated heterocycles. The minimum Gasteiger partial charge on any atom is -0.496 e. The first kappa shape index (κ1) is 15.0. The highest BCUT2D eigenvalue weighted by Gasteiger charge is 2.26. The largest absolute Gasteiger partial charge is 0.496 e. The molecule has 0 bridgehead atoms. The molecule has 130 valence electrons. The summed E-state index contributed by atoms with van der Waals surface area (Å²) in [5.41, 5.74) is 5.91. The van der Waals surface area contributed by atoms with Crippen LogP contribution in [-0.2, 0) is 11.3 Å². The van der Waals surface area contributed by atoms with Gasteiger partial charge in [-0.15, -0.1) is 0 Å². The average molecular weight is 347 g/mol. The Hall–Kier alpha value is -3.28. The molecule has 6 nitrogen and oxygen atoms in total. The molecule has 1 aromatic heterocycles. The van der Waals surface area contributed by atoms with Crippen LogP contribution in [0.2, 0.25) is 0 Å². The van der Waals surface area contributed by atoms with E-state index in [1.165, 1.54) is 0 Å². The molecule has 0 radical (unpaired) electrons. The molecular formula is C20H17N3O3. The van der Waals surface area contributed by atoms with Crippen LogP contribution in [0.15, 0.2) is 47.5 Å². The highest BCUT2D eigenvalue weighted by atomic mass is 16.6. The number of anilines is 1. The smallest absolute Gasteiger partial charge is 0.414 e. The molecule has 1 N–H and O–H groups in total. The summed E-state index contributed by atoms with van der Waals surface area (Å²) < 4.78 is 10.5. The number of nitrogens with zero attached hydrogens (tertiary/aromatic N) is 2. The van der Waals surface area contributed by atoms with E-state index in [0.29, 0.717) is 19.7 Å². The number of carbonyl (C=O) groups is 1. The van der Waals surface area contributed by atoms with Crippen LogP contribution in [-0.4, -0.2) is 37.1 Å². The SMILES string of the molecule is COc1cccc2[nH]c(C3=NCc4ccc(N5CCOC5=O)cc43)cc12. The van der Waals surface area contributed by atoms with Crippen molar-refractivity contribution in [3.8, 4) is 5.75 Å². The summed E-state index contributed by atoms with van der Waals surface area (Å²) in [7, 11) is 1.67. The van der Waals surface area contributed by atoms with E-state index < -0.39 is 0 Å². The van der Waals surface area contributed by atoms with E-state index in [-0.39, 0.29) is 6.09 Å². The summed E-state index contributed by atoms with van der Waals surface area (Å²) in [5, 5.41) is 1.03. The van der Waals surface area contributed by atoms with Crippen LogP contribution in [0.3, 0.4) is 0 Å². The van der Waals surface area contributed by atoms with Gasteiger partial charge in [-0.25, -0.2) is 4.79 Å². The van der Waals surface area contributed by atoms with Crippen molar-refractivity contribution in [3.05, 3.63) is 59.3 Å². The molecule has 2 aliphatic rings. The summed E-state index contributed by atoms with van der Waals surface area (Å²) in [6, 6.07) is 14.0. The Morgan fingerprint density at radius 3 is 2.96 bits per heavy atom. The highest BCUT2D eigenvalue weighted by molar-refractivity contribution is 6.16. The zero-order valence-electron chi connectivity index (χ0n) is 14.3. The predicted octanol–water partition coefficient (Wildman–Crippen LogP) is 3.48. The van der Waals surface area contributed by atoms with Gasteiger partial charge in [0.15, 0.2) is 0 Å². The number of cyclic esters (lactones) is 1. The zero-order valence-corrected chi connectivity index (χ0v) is 14.3. The molecule has 6 heteroatoms. The number of rotatable bonds is 3. The first-order valence-corrected chi connectivity index (χ1v) is 8.53. The normalized spacial score (nSPS) is 16.0. The van der Waals surface area contributed by atoms with Gasteiger partial charge in [0.2, 0.25) is 0 Å². The second-order valence-electron chi connectivity index (χ2n) is 6.38. The first-order chi connectivity index (χ1) is 12.7. The van der Waals surface area contributed by atoms with Gasteiger partial charge in [0.25, 0.3) is 0 Å². The third-order valence-corrected chi connectivity index (χ3v) is 4.93. The summed E-state index contributed by atoms with van der Waals surface area (Å²) in [6.45, 7) is 1.65. The molecule has 2 aromatic carbocycles. The summed E-state index contributed by atoms with van der Waals surface area (Å²) >= 11 is 0. The molecule has 2 aliphatic heterocycles. The molecule has 0 aliphatic carbocycles. The Morgan fingerprint density at radius 1 is 1.23 bits per heavy atom. The van der Waals surface area contributed by atoms with Gasteiger partial charge in [-0.05, 0) is 35.9 Å². The number of amides is 1. The van der Waals surface area contributed by atoms with Crippen molar-refractivity contribution in [2.45, 2.75) is 6.54 Å². The minimum atomic E-state index is -0.295. The minimum absolute atomic E-state index is 0.295. The number of methoxy groups -OCH3 is 1. The second-order valence-corrected chi connectivity index (χ2v) is 6.38. The number of hydrogen-bond acceptors (Lipinski definition) is 4. The molecule has 0 unspecified atom stereocenters. The van der Waals surface area contributed by atoms with Crippen molar-refractivity contribution in [3.63, 3.8) is 0 Å². The maximum Gasteiger partial charge on any atom is 0.414 e. The molecule has 0 saturated carbocycles. The van der Waals surface area contributed by atoms with Gasteiger partial charge >= 0.3 is 6.09 Å². The maximum atomic E-state index is 11.9. The predicted molar refractivity (Wildman–Crippen MR) is 99.3 cm³/mol. The van der Waals surface area contributed by atoms with E-state index >= 15 is 0 Å². The van der Waals surface area contributed by atoms with Crippen molar-refractivity contribution >= 4 is 28.4 Å². The molecule has 3 heterocycles. The van der Waals surface area contributed by atoms with Crippen molar-refractivity contribution < 1.29 is 14.3 Å². The summed E-state index contributed by atoms with van der Waals surface area (Å²) in [6.07, 6.45) is -0.295. The Kier molecular flexibility index (Phi) is 3.25. The van der Waals surface area contributed by atoms with E-state index in [0.717, 1.165) is 44.9 Å². The fourth-order valence-electron chi connectivity index (χ4n) is 3.63. The van der Waals surface area contributed by atoms with E-state index in [4.69, 9.17) is 14.5 Å². The molecular weight excluding hydrogens is 330 g/mol. The van der Waals surface area contributed by atoms with Gasteiger partial charge < -0.3 is 14.5 Å². The molecule has 1 amide bonds. The van der Waals surface area contributed by atoms with Gasteiger partial charge in [0.1, 0.15) is 12.4 Å². The lowest BCUT2D eigenvalue weighted by atomic mass is 10.0. The first-order valence-electron chi connectivity index (χ1n) is 8.53.